The molecule has 0 radical (unpaired) electrons. The van der Waals surface area contributed by atoms with Crippen LogP contribution in [0, 0.1) is 11.8 Å². The number of hydrogen-bond donors (Lipinski definition) is 2. The van der Waals surface area contributed by atoms with E-state index < -0.39 is 0 Å². The predicted molar refractivity (Wildman–Crippen MR) is 87.8 cm³/mol. The molecule has 0 spiro atoms. The molecule has 1 aliphatic rings. The van der Waals surface area contributed by atoms with Gasteiger partial charge >= 0.3 is 0 Å². The number of methoxy groups -OCH3 is 1. The van der Waals surface area contributed by atoms with Crippen molar-refractivity contribution in [1.82, 2.24) is 10.6 Å². The Morgan fingerprint density at radius 3 is 2.72 bits per heavy atom. The van der Waals surface area contributed by atoms with Crippen LogP contribution in [0.1, 0.15) is 32.6 Å². The highest BCUT2D eigenvalue weighted by Crippen LogP contribution is 2.27. The molecule has 2 N–H and O–H groups in total. The molecule has 0 heterocycles. The van der Waals surface area contributed by atoms with Gasteiger partial charge in [0, 0.05) is 27.2 Å². The highest BCUT2D eigenvalue weighted by molar-refractivity contribution is 14.0. The number of guanidine groups is 1. The van der Waals surface area contributed by atoms with E-state index in [-0.39, 0.29) is 24.0 Å². The fourth-order valence-corrected chi connectivity index (χ4v) is 2.48. The van der Waals surface area contributed by atoms with Crippen molar-refractivity contribution < 1.29 is 4.74 Å². The van der Waals surface area contributed by atoms with Gasteiger partial charge in [-0.15, -0.1) is 24.0 Å². The summed E-state index contributed by atoms with van der Waals surface area (Å²) in [5, 5.41) is 6.64. The summed E-state index contributed by atoms with van der Waals surface area (Å²) in [7, 11) is 3.52. The summed E-state index contributed by atoms with van der Waals surface area (Å²) < 4.78 is 5.00. The lowest BCUT2D eigenvalue weighted by Gasteiger charge is -2.27. The Labute approximate surface area is 128 Å². The van der Waals surface area contributed by atoms with Gasteiger partial charge in [0.25, 0.3) is 0 Å². The maximum absolute atomic E-state index is 5.00. The van der Waals surface area contributed by atoms with Gasteiger partial charge in [0.05, 0.1) is 6.61 Å². The Balaban J connectivity index is 0.00000289. The number of hydrogen-bond acceptors (Lipinski definition) is 2. The molecule has 5 heteroatoms. The zero-order chi connectivity index (χ0) is 12.5. The lowest BCUT2D eigenvalue weighted by Crippen LogP contribution is -2.41. The van der Waals surface area contributed by atoms with E-state index in [1.807, 2.05) is 7.05 Å². The van der Waals surface area contributed by atoms with Gasteiger partial charge in [-0.25, -0.2) is 0 Å². The zero-order valence-electron chi connectivity index (χ0n) is 11.9. The summed E-state index contributed by atoms with van der Waals surface area (Å²) in [6.07, 6.45) is 5.48. The van der Waals surface area contributed by atoms with E-state index in [1.54, 1.807) is 7.11 Å². The highest BCUT2D eigenvalue weighted by Gasteiger charge is 2.18. The van der Waals surface area contributed by atoms with Crippen LogP contribution < -0.4 is 10.6 Å². The summed E-state index contributed by atoms with van der Waals surface area (Å²) in [6, 6.07) is 0. The molecule has 108 valence electrons. The lowest BCUT2D eigenvalue weighted by molar-refractivity contribution is 0.203. The molecule has 2 unspecified atom stereocenters. The number of aliphatic imine (C=N–C) groups is 1. The third kappa shape index (κ3) is 7.41. The van der Waals surface area contributed by atoms with E-state index in [0.29, 0.717) is 6.61 Å². The SMILES string of the molecule is CN=C(NCCOC)NCC1CCCC(C)C1.I. The minimum atomic E-state index is 0. The van der Waals surface area contributed by atoms with Crippen LogP contribution in [-0.2, 0) is 4.74 Å². The van der Waals surface area contributed by atoms with Crippen molar-refractivity contribution >= 4 is 29.9 Å². The molecule has 0 aromatic rings. The smallest absolute Gasteiger partial charge is 0.191 e. The summed E-state index contributed by atoms with van der Waals surface area (Å²) in [5.74, 6) is 2.58. The monoisotopic (exact) mass is 369 g/mol. The van der Waals surface area contributed by atoms with Crippen molar-refractivity contribution in [3.8, 4) is 0 Å². The van der Waals surface area contributed by atoms with E-state index in [2.05, 4.69) is 22.5 Å². The van der Waals surface area contributed by atoms with Gasteiger partial charge in [-0.1, -0.05) is 19.8 Å². The molecule has 0 bridgehead atoms. The molecule has 18 heavy (non-hydrogen) atoms. The fourth-order valence-electron chi connectivity index (χ4n) is 2.48. The van der Waals surface area contributed by atoms with Crippen molar-refractivity contribution in [1.29, 1.82) is 0 Å². The summed E-state index contributed by atoms with van der Waals surface area (Å²) in [4.78, 5) is 4.20. The van der Waals surface area contributed by atoms with Gasteiger partial charge in [-0.2, -0.15) is 0 Å². The van der Waals surface area contributed by atoms with E-state index in [0.717, 1.165) is 30.9 Å². The average molecular weight is 369 g/mol. The van der Waals surface area contributed by atoms with Crippen LogP contribution >= 0.6 is 24.0 Å². The first-order valence-corrected chi connectivity index (χ1v) is 6.69. The number of ether oxygens (including phenoxy) is 1. The molecule has 1 aliphatic carbocycles. The van der Waals surface area contributed by atoms with Gasteiger partial charge < -0.3 is 15.4 Å². The van der Waals surface area contributed by atoms with Gasteiger partial charge in [0.2, 0.25) is 0 Å². The second-order valence-corrected chi connectivity index (χ2v) is 5.01. The van der Waals surface area contributed by atoms with Gasteiger partial charge in [-0.3, -0.25) is 4.99 Å². The first-order valence-electron chi connectivity index (χ1n) is 6.69. The number of halogens is 1. The van der Waals surface area contributed by atoms with Crippen molar-refractivity contribution in [2.75, 3.05) is 33.9 Å². The van der Waals surface area contributed by atoms with Crippen LogP contribution in [0.4, 0.5) is 0 Å². The van der Waals surface area contributed by atoms with E-state index in [1.165, 1.54) is 25.7 Å². The average Bonchev–Trinajstić information content (AvgIpc) is 2.34. The number of nitrogens with zero attached hydrogens (tertiary/aromatic N) is 1. The fraction of sp³-hybridized carbons (Fsp3) is 0.923. The first kappa shape index (κ1) is 18.0. The molecular weight excluding hydrogens is 341 g/mol. The maximum Gasteiger partial charge on any atom is 0.191 e. The highest BCUT2D eigenvalue weighted by atomic mass is 127. The Morgan fingerprint density at radius 2 is 2.11 bits per heavy atom. The second-order valence-electron chi connectivity index (χ2n) is 5.01. The third-order valence-electron chi connectivity index (χ3n) is 3.43. The minimum absolute atomic E-state index is 0. The van der Waals surface area contributed by atoms with Crippen LogP contribution in [-0.4, -0.2) is 39.8 Å². The zero-order valence-corrected chi connectivity index (χ0v) is 14.2. The normalized spacial score (nSPS) is 24.3. The minimum Gasteiger partial charge on any atom is -0.383 e. The lowest BCUT2D eigenvalue weighted by atomic mass is 9.82. The van der Waals surface area contributed by atoms with Crippen molar-refractivity contribution in [3.05, 3.63) is 0 Å². The maximum atomic E-state index is 5.00. The van der Waals surface area contributed by atoms with Gasteiger partial charge in [-0.05, 0) is 24.7 Å². The van der Waals surface area contributed by atoms with Crippen LogP contribution in [0.2, 0.25) is 0 Å². The van der Waals surface area contributed by atoms with Crippen molar-refractivity contribution in [2.45, 2.75) is 32.6 Å². The largest absolute Gasteiger partial charge is 0.383 e. The predicted octanol–water partition coefficient (Wildman–Crippen LogP) is 2.24. The van der Waals surface area contributed by atoms with E-state index in [4.69, 9.17) is 4.74 Å². The molecule has 0 saturated heterocycles. The Bertz CT molecular complexity index is 236. The Kier molecular flexibility index (Phi) is 10.8. The molecule has 0 aromatic carbocycles. The molecule has 4 nitrogen and oxygen atoms in total. The van der Waals surface area contributed by atoms with Crippen LogP contribution in [0.15, 0.2) is 4.99 Å². The van der Waals surface area contributed by atoms with Crippen molar-refractivity contribution in [2.24, 2.45) is 16.8 Å². The van der Waals surface area contributed by atoms with Crippen LogP contribution in [0.3, 0.4) is 0 Å². The van der Waals surface area contributed by atoms with Gasteiger partial charge in [0.15, 0.2) is 5.96 Å². The standard InChI is InChI=1S/C13H27N3O.HI/c1-11-5-4-6-12(9-11)10-16-13(14-2)15-7-8-17-3;/h11-12H,4-10H2,1-3H3,(H2,14,15,16);1H. The van der Waals surface area contributed by atoms with Crippen molar-refractivity contribution in [3.63, 3.8) is 0 Å². The summed E-state index contributed by atoms with van der Waals surface area (Å²) >= 11 is 0. The molecule has 0 aromatic heterocycles. The van der Waals surface area contributed by atoms with E-state index >= 15 is 0 Å². The van der Waals surface area contributed by atoms with E-state index in [9.17, 15) is 0 Å². The number of rotatable bonds is 5. The van der Waals surface area contributed by atoms with Crippen LogP contribution in [0.25, 0.3) is 0 Å². The summed E-state index contributed by atoms with van der Waals surface area (Å²) in [6.45, 7) is 4.91. The first-order chi connectivity index (χ1) is 8.26. The third-order valence-corrected chi connectivity index (χ3v) is 3.43. The molecular formula is C13H28IN3O. The second kappa shape index (κ2) is 10.8. The molecule has 2 atom stereocenters. The molecule has 1 fully saturated rings. The molecule has 1 saturated carbocycles. The Hall–Kier alpha value is -0.0400. The molecule has 1 rings (SSSR count). The molecule has 0 amide bonds. The topological polar surface area (TPSA) is 45.7 Å². The quantitative estimate of drug-likeness (QED) is 0.338. The summed E-state index contributed by atoms with van der Waals surface area (Å²) in [5.41, 5.74) is 0. The van der Waals surface area contributed by atoms with Crippen LogP contribution in [0.5, 0.6) is 0 Å². The Morgan fingerprint density at radius 1 is 1.33 bits per heavy atom. The number of nitrogens with one attached hydrogen (secondary N) is 2. The van der Waals surface area contributed by atoms with Gasteiger partial charge in [0.1, 0.15) is 0 Å². The molecule has 0 aliphatic heterocycles.